The number of amides is 1. The van der Waals surface area contributed by atoms with Crippen molar-refractivity contribution in [1.29, 1.82) is 5.41 Å². The number of carbonyl (C=O) groups is 4. The molecule has 0 bridgehead atoms. The molecule has 1 saturated carbocycles. The predicted octanol–water partition coefficient (Wildman–Crippen LogP) is 4.28. The van der Waals surface area contributed by atoms with Gasteiger partial charge in [0.1, 0.15) is 23.3 Å². The van der Waals surface area contributed by atoms with Gasteiger partial charge in [0.2, 0.25) is 6.29 Å². The molecule has 252 valence electrons. The number of carbonyl (C=O) groups excluding carboxylic acids is 4. The van der Waals surface area contributed by atoms with Crippen molar-refractivity contribution in [3.8, 4) is 16.9 Å². The molecule has 0 saturated heterocycles. The number of methoxy groups -OCH3 is 1. The van der Waals surface area contributed by atoms with E-state index in [0.29, 0.717) is 40.5 Å². The lowest BCUT2D eigenvalue weighted by molar-refractivity contribution is -0.168. The van der Waals surface area contributed by atoms with E-state index in [1.54, 1.807) is 56.3 Å². The van der Waals surface area contributed by atoms with Gasteiger partial charge in [0.25, 0.3) is 5.91 Å². The minimum absolute atomic E-state index is 0.0218. The number of hydrogen-bond acceptors (Lipinski definition) is 10. The summed E-state index contributed by atoms with van der Waals surface area (Å²) in [6.45, 7) is 9.19. The molecule has 2 aromatic carbocycles. The van der Waals surface area contributed by atoms with Crippen LogP contribution in [0.2, 0.25) is 0 Å². The normalized spacial score (nSPS) is 13.6. The van der Waals surface area contributed by atoms with E-state index in [-0.39, 0.29) is 46.5 Å². The van der Waals surface area contributed by atoms with E-state index >= 15 is 0 Å². The quantitative estimate of drug-likeness (QED) is 0.0603. The largest absolute Gasteiger partial charge is 0.496 e. The molecule has 0 aliphatic heterocycles. The van der Waals surface area contributed by atoms with Crippen LogP contribution in [0.4, 0.5) is 0 Å². The number of amidine groups is 1. The van der Waals surface area contributed by atoms with E-state index < -0.39 is 30.2 Å². The number of nitrogens with two attached hydrogens (primary N) is 2. The highest BCUT2D eigenvalue weighted by Gasteiger charge is 2.28. The van der Waals surface area contributed by atoms with Crippen LogP contribution in [0.5, 0.6) is 5.75 Å². The minimum atomic E-state index is -1.34. The molecule has 0 spiro atoms. The van der Waals surface area contributed by atoms with E-state index in [2.05, 4.69) is 16.9 Å². The molecule has 3 aromatic rings. The molecule has 6 N–H and O–H groups in total. The van der Waals surface area contributed by atoms with Crippen molar-refractivity contribution in [3.63, 3.8) is 0 Å². The average molecular weight is 656 g/mol. The first kappa shape index (κ1) is 35.5. The molecule has 1 heterocycles. The van der Waals surface area contributed by atoms with Crippen molar-refractivity contribution in [2.45, 2.75) is 52.4 Å². The molecule has 1 fully saturated rings. The van der Waals surface area contributed by atoms with Crippen LogP contribution < -0.4 is 21.5 Å². The fourth-order valence-corrected chi connectivity index (χ4v) is 4.82. The van der Waals surface area contributed by atoms with Crippen LogP contribution in [-0.4, -0.2) is 60.4 Å². The Morgan fingerprint density at radius 1 is 1.04 bits per heavy atom. The Morgan fingerprint density at radius 3 is 2.31 bits per heavy atom. The lowest BCUT2D eigenvalue weighted by Gasteiger charge is -2.20. The molecular weight excluding hydrogens is 614 g/mol. The van der Waals surface area contributed by atoms with Gasteiger partial charge in [-0.2, -0.15) is 0 Å². The topological polar surface area (TPSA) is 197 Å². The molecule has 12 heteroatoms. The van der Waals surface area contributed by atoms with Gasteiger partial charge in [0.05, 0.1) is 7.11 Å². The summed E-state index contributed by atoms with van der Waals surface area (Å²) in [4.78, 5) is 57.5. The Hall–Kier alpha value is -5.36. The van der Waals surface area contributed by atoms with Gasteiger partial charge in [-0.1, -0.05) is 50.8 Å². The number of esters is 2. The Balaban J connectivity index is 1.77. The minimum Gasteiger partial charge on any atom is -0.496 e. The van der Waals surface area contributed by atoms with E-state index in [0.717, 1.165) is 12.8 Å². The Labute approximate surface area is 279 Å². The second-order valence-corrected chi connectivity index (χ2v) is 12.0. The highest BCUT2D eigenvalue weighted by molar-refractivity contribution is 6.07. The summed E-state index contributed by atoms with van der Waals surface area (Å²) >= 11 is 0. The van der Waals surface area contributed by atoms with Gasteiger partial charge in [-0.15, -0.1) is 0 Å². The SMILES string of the molecule is C=Cc1cc(C(=O)Cc2ccc(C(=N)N)cc2)c(-c2ccc(C(=O)NCC3CC3)nc2C(=O)OC(C)OC(=O)[C@@H](N)C(C)C)cc1OC. The van der Waals surface area contributed by atoms with Gasteiger partial charge in [0.15, 0.2) is 11.5 Å². The first-order valence-electron chi connectivity index (χ1n) is 15.6. The van der Waals surface area contributed by atoms with E-state index in [4.69, 9.17) is 31.1 Å². The van der Waals surface area contributed by atoms with E-state index in [1.807, 2.05) is 0 Å². The lowest BCUT2D eigenvalue weighted by Crippen LogP contribution is -2.39. The van der Waals surface area contributed by atoms with Crippen LogP contribution in [0, 0.1) is 17.2 Å². The zero-order valence-corrected chi connectivity index (χ0v) is 27.5. The van der Waals surface area contributed by atoms with Gasteiger partial charge in [-0.25, -0.2) is 9.78 Å². The molecular formula is C36H41N5O7. The standard InChI is InChI=1S/C36H41N5O7/c1-6-23-16-27(29(42)15-21-9-11-24(12-10-21)33(38)39)26(17-30(23)46-5)25-13-14-28(34(43)40-18-22-7-8-22)41-32(25)36(45)48-20(4)47-35(44)31(37)19(2)3/h6,9-14,16-17,19-20,22,31H,1,7-8,15,18,37H2,2-5H3,(H3,38,39)(H,40,43)/t20?,31-/m0/s1. The summed E-state index contributed by atoms with van der Waals surface area (Å²) in [6, 6.07) is 12.0. The molecule has 1 aliphatic carbocycles. The zero-order chi connectivity index (χ0) is 35.1. The molecule has 12 nitrogen and oxygen atoms in total. The number of nitrogen functional groups attached to an aromatic ring is 1. The Bertz CT molecular complexity index is 1730. The van der Waals surface area contributed by atoms with Gasteiger partial charge in [-0.3, -0.25) is 19.8 Å². The maximum Gasteiger partial charge on any atom is 0.360 e. The zero-order valence-electron chi connectivity index (χ0n) is 27.5. The van der Waals surface area contributed by atoms with Crippen molar-refractivity contribution in [2.75, 3.05) is 13.7 Å². The fourth-order valence-electron chi connectivity index (χ4n) is 4.82. The summed E-state index contributed by atoms with van der Waals surface area (Å²) in [5.74, 6) is -2.05. The second-order valence-electron chi connectivity index (χ2n) is 12.0. The fraction of sp³-hybridized carbons (Fsp3) is 0.333. The third-order valence-electron chi connectivity index (χ3n) is 7.92. The predicted molar refractivity (Wildman–Crippen MR) is 181 cm³/mol. The van der Waals surface area contributed by atoms with Crippen LogP contribution >= 0.6 is 0 Å². The number of aromatic nitrogens is 1. The van der Waals surface area contributed by atoms with Crippen molar-refractivity contribution in [1.82, 2.24) is 10.3 Å². The number of Topliss-reactive ketones (excluding diaryl/α,β-unsaturated/α-hetero) is 1. The number of nitrogens with zero attached hydrogens (tertiary/aromatic N) is 1. The summed E-state index contributed by atoms with van der Waals surface area (Å²) < 4.78 is 16.3. The number of rotatable bonds is 15. The number of hydrogen-bond donors (Lipinski definition) is 4. The number of ether oxygens (including phenoxy) is 3. The van der Waals surface area contributed by atoms with Crippen molar-refractivity contribution in [3.05, 3.63) is 88.8 Å². The number of ketones is 1. The molecule has 1 aliphatic rings. The number of pyridine rings is 1. The summed E-state index contributed by atoms with van der Waals surface area (Å²) in [7, 11) is 1.46. The molecule has 1 amide bonds. The summed E-state index contributed by atoms with van der Waals surface area (Å²) in [6.07, 6.45) is 2.24. The molecule has 0 radical (unpaired) electrons. The number of benzene rings is 2. The maximum absolute atomic E-state index is 13.9. The summed E-state index contributed by atoms with van der Waals surface area (Å²) in [5.41, 5.74) is 13.6. The Kier molecular flexibility index (Phi) is 11.5. The van der Waals surface area contributed by atoms with Crippen LogP contribution in [-0.2, 0) is 20.7 Å². The number of nitrogens with one attached hydrogen (secondary N) is 2. The smallest absolute Gasteiger partial charge is 0.360 e. The van der Waals surface area contributed by atoms with E-state index in [1.165, 1.54) is 26.2 Å². The van der Waals surface area contributed by atoms with Crippen LogP contribution in [0.1, 0.15) is 81.6 Å². The molecule has 4 rings (SSSR count). The second kappa shape index (κ2) is 15.5. The summed E-state index contributed by atoms with van der Waals surface area (Å²) in [5, 5.41) is 10.5. The van der Waals surface area contributed by atoms with Gasteiger partial charge in [0, 0.05) is 42.1 Å². The van der Waals surface area contributed by atoms with Crippen LogP contribution in [0.25, 0.3) is 17.2 Å². The van der Waals surface area contributed by atoms with Crippen molar-refractivity contribution >= 4 is 35.5 Å². The molecule has 1 aromatic heterocycles. The molecule has 2 atom stereocenters. The van der Waals surface area contributed by atoms with Crippen molar-refractivity contribution < 1.29 is 33.4 Å². The molecule has 48 heavy (non-hydrogen) atoms. The van der Waals surface area contributed by atoms with Crippen LogP contribution in [0.3, 0.4) is 0 Å². The third-order valence-corrected chi connectivity index (χ3v) is 7.92. The van der Waals surface area contributed by atoms with Crippen molar-refractivity contribution in [2.24, 2.45) is 23.3 Å². The first-order chi connectivity index (χ1) is 22.8. The third kappa shape index (κ3) is 8.71. The highest BCUT2D eigenvalue weighted by atomic mass is 16.7. The first-order valence-corrected chi connectivity index (χ1v) is 15.6. The molecule has 1 unspecified atom stereocenters. The lowest BCUT2D eigenvalue weighted by atomic mass is 9.90. The highest BCUT2D eigenvalue weighted by Crippen LogP contribution is 2.35. The monoisotopic (exact) mass is 655 g/mol. The van der Waals surface area contributed by atoms with Gasteiger partial charge < -0.3 is 31.0 Å². The Morgan fingerprint density at radius 2 is 1.73 bits per heavy atom. The van der Waals surface area contributed by atoms with Crippen LogP contribution in [0.15, 0.2) is 55.1 Å². The van der Waals surface area contributed by atoms with E-state index in [9.17, 15) is 19.2 Å². The average Bonchev–Trinajstić information content (AvgIpc) is 3.90. The van der Waals surface area contributed by atoms with Gasteiger partial charge >= 0.3 is 11.9 Å². The maximum atomic E-state index is 13.9. The van der Waals surface area contributed by atoms with Gasteiger partial charge in [-0.05, 0) is 60.1 Å².